The molecule has 0 aliphatic heterocycles. The Hall–Kier alpha value is -1.42. The van der Waals surface area contributed by atoms with Crippen molar-refractivity contribution >= 4 is 5.91 Å². The van der Waals surface area contributed by atoms with Gasteiger partial charge in [0.2, 0.25) is 5.91 Å². The van der Waals surface area contributed by atoms with Crippen molar-refractivity contribution in [1.29, 1.82) is 0 Å². The Kier molecular flexibility index (Phi) is 4.31. The number of carbonyl (C=O) groups excluding carboxylic acids is 1. The van der Waals surface area contributed by atoms with Crippen molar-refractivity contribution in [2.24, 2.45) is 5.92 Å². The zero-order valence-electron chi connectivity index (χ0n) is 10.3. The van der Waals surface area contributed by atoms with Crippen LogP contribution in [0.15, 0.2) is 18.2 Å². The van der Waals surface area contributed by atoms with E-state index < -0.39 is 5.82 Å². The van der Waals surface area contributed by atoms with Crippen LogP contribution in [0.25, 0.3) is 0 Å². The van der Waals surface area contributed by atoms with Gasteiger partial charge in [-0.05, 0) is 30.5 Å². The first-order valence-electron chi connectivity index (χ1n) is 6.36. The van der Waals surface area contributed by atoms with Crippen molar-refractivity contribution in [2.75, 3.05) is 0 Å². The van der Waals surface area contributed by atoms with Crippen LogP contribution in [0.5, 0.6) is 0 Å². The molecule has 1 amide bonds. The third kappa shape index (κ3) is 3.07. The van der Waals surface area contributed by atoms with Crippen LogP contribution in [0.2, 0.25) is 0 Å². The minimum Gasteiger partial charge on any atom is -0.392 e. The summed E-state index contributed by atoms with van der Waals surface area (Å²) in [6.07, 6.45) is 4.20. The Morgan fingerprint density at radius 2 is 2.11 bits per heavy atom. The molecule has 0 heterocycles. The summed E-state index contributed by atoms with van der Waals surface area (Å²) >= 11 is 0. The first-order chi connectivity index (χ1) is 8.70. The van der Waals surface area contributed by atoms with E-state index in [1.165, 1.54) is 6.07 Å². The average molecular weight is 251 g/mol. The predicted molar refractivity (Wildman–Crippen MR) is 66.1 cm³/mol. The highest BCUT2D eigenvalue weighted by atomic mass is 19.1. The van der Waals surface area contributed by atoms with Gasteiger partial charge in [0.15, 0.2) is 0 Å². The van der Waals surface area contributed by atoms with Gasteiger partial charge in [-0.1, -0.05) is 18.9 Å². The van der Waals surface area contributed by atoms with Crippen LogP contribution in [-0.4, -0.2) is 11.0 Å². The maximum Gasteiger partial charge on any atom is 0.223 e. The molecule has 0 bridgehead atoms. The topological polar surface area (TPSA) is 49.3 Å². The average Bonchev–Trinajstić information content (AvgIpc) is 2.91. The summed E-state index contributed by atoms with van der Waals surface area (Å²) in [5, 5.41) is 11.8. The van der Waals surface area contributed by atoms with Crippen LogP contribution in [-0.2, 0) is 17.9 Å². The predicted octanol–water partition coefficient (Wildman–Crippen LogP) is 2.12. The van der Waals surface area contributed by atoms with Gasteiger partial charge in [-0.2, -0.15) is 0 Å². The third-order valence-electron chi connectivity index (χ3n) is 3.47. The van der Waals surface area contributed by atoms with E-state index >= 15 is 0 Å². The molecule has 18 heavy (non-hydrogen) atoms. The number of benzene rings is 1. The molecule has 4 heteroatoms. The summed E-state index contributed by atoms with van der Waals surface area (Å²) in [6.45, 7) is 0.0683. The Morgan fingerprint density at radius 1 is 1.39 bits per heavy atom. The van der Waals surface area contributed by atoms with Gasteiger partial charge in [-0.25, -0.2) is 4.39 Å². The molecule has 3 nitrogen and oxygen atoms in total. The van der Waals surface area contributed by atoms with Crippen molar-refractivity contribution in [2.45, 2.75) is 38.8 Å². The van der Waals surface area contributed by atoms with E-state index in [1.807, 2.05) is 0 Å². The second-order valence-electron chi connectivity index (χ2n) is 4.78. The van der Waals surface area contributed by atoms with Crippen LogP contribution in [0.1, 0.15) is 36.8 Å². The smallest absolute Gasteiger partial charge is 0.223 e. The summed E-state index contributed by atoms with van der Waals surface area (Å²) in [7, 11) is 0. The fourth-order valence-corrected chi connectivity index (χ4v) is 2.38. The van der Waals surface area contributed by atoms with Gasteiger partial charge >= 0.3 is 0 Å². The van der Waals surface area contributed by atoms with Crippen molar-refractivity contribution in [3.05, 3.63) is 35.1 Å². The van der Waals surface area contributed by atoms with Crippen molar-refractivity contribution in [3.8, 4) is 0 Å². The van der Waals surface area contributed by atoms with E-state index in [1.54, 1.807) is 12.1 Å². The molecule has 1 fully saturated rings. The molecule has 0 aromatic heterocycles. The lowest BCUT2D eigenvalue weighted by atomic mass is 10.1. The Morgan fingerprint density at radius 3 is 2.78 bits per heavy atom. The summed E-state index contributed by atoms with van der Waals surface area (Å²) in [5.41, 5.74) is 1.08. The number of aliphatic hydroxyl groups excluding tert-OH is 1. The lowest BCUT2D eigenvalue weighted by Crippen LogP contribution is -2.28. The van der Waals surface area contributed by atoms with Crippen LogP contribution in [0.4, 0.5) is 4.39 Å². The lowest BCUT2D eigenvalue weighted by molar-refractivity contribution is -0.124. The number of carbonyl (C=O) groups is 1. The molecule has 1 saturated carbocycles. The maximum absolute atomic E-state index is 13.2. The molecular formula is C14H18FNO2. The minimum atomic E-state index is -0.414. The largest absolute Gasteiger partial charge is 0.392 e. The SMILES string of the molecule is O=C(NCc1ccc(F)c(CO)c1)C1CCCC1. The molecule has 2 rings (SSSR count). The highest BCUT2D eigenvalue weighted by Gasteiger charge is 2.22. The molecule has 1 aliphatic carbocycles. The monoisotopic (exact) mass is 251 g/mol. The summed E-state index contributed by atoms with van der Waals surface area (Å²) in [6, 6.07) is 4.54. The van der Waals surface area contributed by atoms with Gasteiger partial charge < -0.3 is 10.4 Å². The normalized spacial score (nSPS) is 15.9. The van der Waals surface area contributed by atoms with Crippen LogP contribution >= 0.6 is 0 Å². The number of halogens is 1. The standard InChI is InChI=1S/C14H18FNO2/c15-13-6-5-10(7-12(13)9-17)8-16-14(18)11-3-1-2-4-11/h5-7,11,17H,1-4,8-9H2,(H,16,18). The van der Waals surface area contributed by atoms with Crippen LogP contribution in [0.3, 0.4) is 0 Å². The number of aliphatic hydroxyl groups is 1. The van der Waals surface area contributed by atoms with Crippen molar-refractivity contribution < 1.29 is 14.3 Å². The first kappa shape index (κ1) is 13.0. The second kappa shape index (κ2) is 5.96. The van der Waals surface area contributed by atoms with E-state index in [9.17, 15) is 9.18 Å². The fraction of sp³-hybridized carbons (Fsp3) is 0.500. The van der Waals surface area contributed by atoms with E-state index in [0.717, 1.165) is 31.2 Å². The zero-order valence-corrected chi connectivity index (χ0v) is 10.3. The van der Waals surface area contributed by atoms with Gasteiger partial charge in [0, 0.05) is 18.0 Å². The molecule has 1 aliphatic rings. The van der Waals surface area contributed by atoms with Gasteiger partial charge in [-0.3, -0.25) is 4.79 Å². The number of amides is 1. The lowest BCUT2D eigenvalue weighted by Gasteiger charge is -2.11. The third-order valence-corrected chi connectivity index (χ3v) is 3.47. The Balaban J connectivity index is 1.91. The minimum absolute atomic E-state index is 0.0855. The van der Waals surface area contributed by atoms with Crippen molar-refractivity contribution in [1.82, 2.24) is 5.32 Å². The molecule has 0 saturated heterocycles. The van der Waals surface area contributed by atoms with Gasteiger partial charge in [0.1, 0.15) is 5.82 Å². The maximum atomic E-state index is 13.2. The summed E-state index contributed by atoms with van der Waals surface area (Å²) in [4.78, 5) is 11.8. The zero-order chi connectivity index (χ0) is 13.0. The van der Waals surface area contributed by atoms with E-state index in [4.69, 9.17) is 5.11 Å². The van der Waals surface area contributed by atoms with E-state index in [-0.39, 0.29) is 24.0 Å². The first-order valence-corrected chi connectivity index (χ1v) is 6.36. The molecule has 2 N–H and O–H groups in total. The highest BCUT2D eigenvalue weighted by Crippen LogP contribution is 2.24. The quantitative estimate of drug-likeness (QED) is 0.861. The molecule has 0 radical (unpaired) electrons. The number of nitrogens with one attached hydrogen (secondary N) is 1. The molecule has 1 aromatic rings. The van der Waals surface area contributed by atoms with Gasteiger partial charge in [0.25, 0.3) is 0 Å². The molecule has 0 unspecified atom stereocenters. The number of rotatable bonds is 4. The summed E-state index contributed by atoms with van der Waals surface area (Å²) < 4.78 is 13.2. The second-order valence-corrected chi connectivity index (χ2v) is 4.78. The molecule has 0 atom stereocenters. The molecule has 98 valence electrons. The van der Waals surface area contributed by atoms with Gasteiger partial charge in [0.05, 0.1) is 6.61 Å². The number of hydrogen-bond acceptors (Lipinski definition) is 2. The fourth-order valence-electron chi connectivity index (χ4n) is 2.38. The van der Waals surface area contributed by atoms with Gasteiger partial charge in [-0.15, -0.1) is 0 Å². The number of hydrogen-bond donors (Lipinski definition) is 2. The molecular weight excluding hydrogens is 233 g/mol. The Bertz CT molecular complexity index is 428. The van der Waals surface area contributed by atoms with E-state index in [2.05, 4.69) is 5.32 Å². The van der Waals surface area contributed by atoms with Crippen LogP contribution < -0.4 is 5.32 Å². The van der Waals surface area contributed by atoms with Crippen LogP contribution in [0, 0.1) is 11.7 Å². The molecule has 0 spiro atoms. The van der Waals surface area contributed by atoms with Crippen molar-refractivity contribution in [3.63, 3.8) is 0 Å². The highest BCUT2D eigenvalue weighted by molar-refractivity contribution is 5.78. The summed E-state index contributed by atoms with van der Waals surface area (Å²) in [5.74, 6) is -0.187. The Labute approximate surface area is 106 Å². The van der Waals surface area contributed by atoms with E-state index in [0.29, 0.717) is 6.54 Å². The molecule has 1 aromatic carbocycles.